The number of hydrogen-bond donors (Lipinski definition) is 1. The van der Waals surface area contributed by atoms with Crippen LogP contribution in [0.25, 0.3) is 5.76 Å². The number of rotatable bonds is 7. The minimum atomic E-state index is -0.695. The molecule has 3 aromatic rings. The van der Waals surface area contributed by atoms with Crippen molar-refractivity contribution >= 4 is 28.8 Å². The summed E-state index contributed by atoms with van der Waals surface area (Å²) in [4.78, 5) is 32.4. The van der Waals surface area contributed by atoms with Gasteiger partial charge in [0.2, 0.25) is 0 Å². The maximum absolute atomic E-state index is 13.0. The van der Waals surface area contributed by atoms with Crippen LogP contribution in [-0.4, -0.2) is 33.3 Å². The topological polar surface area (TPSA) is 79.7 Å². The number of Topliss-reactive ketones (excluding diaryl/α,β-unsaturated/α-hetero) is 1. The maximum Gasteiger partial charge on any atom is 0.295 e. The van der Waals surface area contributed by atoms with Crippen LogP contribution in [0.1, 0.15) is 35.4 Å². The van der Waals surface area contributed by atoms with Crippen LogP contribution >= 0.6 is 11.3 Å². The Morgan fingerprint density at radius 1 is 1.19 bits per heavy atom. The van der Waals surface area contributed by atoms with E-state index in [0.29, 0.717) is 17.9 Å². The van der Waals surface area contributed by atoms with E-state index in [1.54, 1.807) is 42.7 Å². The highest BCUT2D eigenvalue weighted by molar-refractivity contribution is 7.10. The lowest BCUT2D eigenvalue weighted by Gasteiger charge is -2.24. The molecule has 0 spiro atoms. The Morgan fingerprint density at radius 2 is 2.06 bits per heavy atom. The fourth-order valence-electron chi connectivity index (χ4n) is 3.58. The zero-order chi connectivity index (χ0) is 21.8. The zero-order valence-corrected chi connectivity index (χ0v) is 17.8. The third-order valence-corrected chi connectivity index (χ3v) is 5.93. The van der Waals surface area contributed by atoms with Gasteiger partial charge < -0.3 is 14.7 Å². The van der Waals surface area contributed by atoms with Gasteiger partial charge in [-0.05, 0) is 41.6 Å². The van der Waals surface area contributed by atoms with Crippen LogP contribution in [0.5, 0.6) is 5.75 Å². The Kier molecular flexibility index (Phi) is 6.13. The second kappa shape index (κ2) is 9.14. The molecule has 1 amide bonds. The molecular weight excluding hydrogens is 412 g/mol. The van der Waals surface area contributed by atoms with Gasteiger partial charge in [-0.1, -0.05) is 31.2 Å². The highest BCUT2D eigenvalue weighted by Gasteiger charge is 2.46. The molecule has 6 nitrogen and oxygen atoms in total. The first-order chi connectivity index (χ1) is 15.1. The molecule has 0 aliphatic carbocycles. The van der Waals surface area contributed by atoms with Crippen molar-refractivity contribution in [2.75, 3.05) is 6.61 Å². The SMILES string of the molecule is CCCOc1cccc(C(O)=C2C(=O)C(=O)N(Cc3cccnc3)C2c2cccs2)c1. The van der Waals surface area contributed by atoms with Crippen molar-refractivity contribution < 1.29 is 19.4 Å². The molecule has 7 heteroatoms. The van der Waals surface area contributed by atoms with Crippen molar-refractivity contribution in [1.29, 1.82) is 0 Å². The number of hydrogen-bond acceptors (Lipinski definition) is 6. The van der Waals surface area contributed by atoms with E-state index >= 15 is 0 Å². The van der Waals surface area contributed by atoms with E-state index in [0.717, 1.165) is 16.9 Å². The number of pyridine rings is 1. The molecule has 3 heterocycles. The van der Waals surface area contributed by atoms with Gasteiger partial charge in [0.25, 0.3) is 11.7 Å². The average Bonchev–Trinajstić information content (AvgIpc) is 3.41. The van der Waals surface area contributed by atoms with Crippen LogP contribution in [0.3, 0.4) is 0 Å². The monoisotopic (exact) mass is 434 g/mol. The molecule has 2 aromatic heterocycles. The minimum absolute atomic E-state index is 0.0870. The molecule has 1 saturated heterocycles. The third kappa shape index (κ3) is 4.22. The quantitative estimate of drug-likeness (QED) is 0.335. The van der Waals surface area contributed by atoms with E-state index in [4.69, 9.17) is 4.74 Å². The van der Waals surface area contributed by atoms with Gasteiger partial charge in [0.05, 0.1) is 18.2 Å². The molecule has 1 aliphatic rings. The number of ether oxygens (including phenoxy) is 1. The van der Waals surface area contributed by atoms with Crippen molar-refractivity contribution in [3.63, 3.8) is 0 Å². The lowest BCUT2D eigenvalue weighted by Crippen LogP contribution is -2.28. The number of nitrogens with zero attached hydrogens (tertiary/aromatic N) is 2. The average molecular weight is 435 g/mol. The summed E-state index contributed by atoms with van der Waals surface area (Å²) in [6, 6.07) is 13.6. The van der Waals surface area contributed by atoms with Crippen molar-refractivity contribution in [2.45, 2.75) is 25.9 Å². The predicted molar refractivity (Wildman–Crippen MR) is 119 cm³/mol. The fraction of sp³-hybridized carbons (Fsp3) is 0.208. The lowest BCUT2D eigenvalue weighted by molar-refractivity contribution is -0.140. The molecule has 1 unspecified atom stereocenters. The van der Waals surface area contributed by atoms with Gasteiger partial charge in [0.15, 0.2) is 0 Å². The number of likely N-dealkylation sites (tertiary alicyclic amines) is 1. The summed E-state index contributed by atoms with van der Waals surface area (Å²) in [7, 11) is 0. The number of aliphatic hydroxyl groups excluding tert-OH is 1. The Bertz CT molecular complexity index is 1110. The Hall–Kier alpha value is -3.45. The summed E-state index contributed by atoms with van der Waals surface area (Å²) in [5, 5.41) is 13.0. The number of amides is 1. The number of thiophene rings is 1. The molecule has 0 bridgehead atoms. The summed E-state index contributed by atoms with van der Waals surface area (Å²) >= 11 is 1.44. The standard InChI is InChI=1S/C24H22N2O4S/c1-2-11-30-18-8-3-7-17(13-18)22(27)20-21(19-9-5-12-31-19)26(24(29)23(20)28)15-16-6-4-10-25-14-16/h3-10,12-14,21,27H,2,11,15H2,1H3. The van der Waals surface area contributed by atoms with Crippen LogP contribution < -0.4 is 4.74 Å². The van der Waals surface area contributed by atoms with Crippen LogP contribution in [0, 0.1) is 0 Å². The van der Waals surface area contributed by atoms with Gasteiger partial charge in [-0.2, -0.15) is 0 Å². The van der Waals surface area contributed by atoms with E-state index in [2.05, 4.69) is 4.98 Å². The largest absolute Gasteiger partial charge is 0.507 e. The summed E-state index contributed by atoms with van der Waals surface area (Å²) in [5.74, 6) is -0.933. The van der Waals surface area contributed by atoms with E-state index in [-0.39, 0.29) is 17.9 Å². The van der Waals surface area contributed by atoms with E-state index < -0.39 is 17.7 Å². The first kappa shape index (κ1) is 20.8. The lowest BCUT2D eigenvalue weighted by atomic mass is 9.99. The molecule has 31 heavy (non-hydrogen) atoms. The van der Waals surface area contributed by atoms with Gasteiger partial charge in [-0.15, -0.1) is 11.3 Å². The Labute approximate surface area is 184 Å². The molecule has 1 aromatic carbocycles. The van der Waals surface area contributed by atoms with Crippen LogP contribution in [0.4, 0.5) is 0 Å². The molecular formula is C24H22N2O4S. The molecule has 158 valence electrons. The maximum atomic E-state index is 13.0. The third-order valence-electron chi connectivity index (χ3n) is 5.01. The number of aliphatic hydroxyl groups is 1. The summed E-state index contributed by atoms with van der Waals surface area (Å²) in [6.45, 7) is 2.78. The number of carbonyl (C=O) groups excluding carboxylic acids is 2. The Morgan fingerprint density at radius 3 is 2.77 bits per heavy atom. The predicted octanol–water partition coefficient (Wildman–Crippen LogP) is 4.55. The minimum Gasteiger partial charge on any atom is -0.507 e. The highest BCUT2D eigenvalue weighted by atomic mass is 32.1. The van der Waals surface area contributed by atoms with Crippen LogP contribution in [0.2, 0.25) is 0 Å². The van der Waals surface area contributed by atoms with Gasteiger partial charge in [-0.3, -0.25) is 14.6 Å². The molecule has 1 atom stereocenters. The Balaban J connectivity index is 1.78. The summed E-state index contributed by atoms with van der Waals surface area (Å²) in [5.41, 5.74) is 1.33. The first-order valence-electron chi connectivity index (χ1n) is 10.0. The highest BCUT2D eigenvalue weighted by Crippen LogP contribution is 2.42. The summed E-state index contributed by atoms with van der Waals surface area (Å²) in [6.07, 6.45) is 4.18. The summed E-state index contributed by atoms with van der Waals surface area (Å²) < 4.78 is 5.65. The van der Waals surface area contributed by atoms with Gasteiger partial charge in [-0.25, -0.2) is 0 Å². The van der Waals surface area contributed by atoms with Gasteiger partial charge in [0.1, 0.15) is 11.5 Å². The van der Waals surface area contributed by atoms with E-state index in [9.17, 15) is 14.7 Å². The number of aromatic nitrogens is 1. The zero-order valence-electron chi connectivity index (χ0n) is 17.0. The van der Waals surface area contributed by atoms with Crippen LogP contribution in [-0.2, 0) is 16.1 Å². The first-order valence-corrected chi connectivity index (χ1v) is 10.9. The normalized spacial score (nSPS) is 17.8. The molecule has 1 N–H and O–H groups in total. The van der Waals surface area contributed by atoms with Crippen molar-refractivity contribution in [3.8, 4) is 5.75 Å². The second-order valence-corrected chi connectivity index (χ2v) is 8.16. The van der Waals surface area contributed by atoms with Crippen molar-refractivity contribution in [3.05, 3.63) is 87.9 Å². The number of benzene rings is 1. The smallest absolute Gasteiger partial charge is 0.295 e. The molecule has 1 fully saturated rings. The fourth-order valence-corrected chi connectivity index (χ4v) is 4.43. The van der Waals surface area contributed by atoms with Gasteiger partial charge in [0, 0.05) is 29.4 Å². The molecule has 0 radical (unpaired) electrons. The second-order valence-electron chi connectivity index (χ2n) is 7.18. The molecule has 1 aliphatic heterocycles. The van der Waals surface area contributed by atoms with Crippen LogP contribution in [0.15, 0.2) is 71.9 Å². The van der Waals surface area contributed by atoms with Crippen molar-refractivity contribution in [1.82, 2.24) is 9.88 Å². The van der Waals surface area contributed by atoms with E-state index in [1.165, 1.54) is 16.2 Å². The molecule has 0 saturated carbocycles. The van der Waals surface area contributed by atoms with E-state index in [1.807, 2.05) is 30.5 Å². The van der Waals surface area contributed by atoms with Crippen molar-refractivity contribution in [2.24, 2.45) is 0 Å². The number of ketones is 1. The molecule has 4 rings (SSSR count). The number of carbonyl (C=O) groups is 2. The van der Waals surface area contributed by atoms with Gasteiger partial charge >= 0.3 is 0 Å².